The van der Waals surface area contributed by atoms with Gasteiger partial charge in [0.15, 0.2) is 0 Å². The number of carbonyl (C=O) groups is 1. The van der Waals surface area contributed by atoms with Crippen LogP contribution < -0.4 is 10.1 Å². The van der Waals surface area contributed by atoms with Crippen molar-refractivity contribution in [3.05, 3.63) is 29.8 Å². The van der Waals surface area contributed by atoms with E-state index in [1.54, 1.807) is 0 Å². The lowest BCUT2D eigenvalue weighted by Gasteiger charge is -2.33. The van der Waals surface area contributed by atoms with Gasteiger partial charge in [-0.05, 0) is 50.1 Å². The number of likely N-dealkylation sites (tertiary alicyclic amines) is 1. The van der Waals surface area contributed by atoms with Crippen LogP contribution in [0.4, 0.5) is 14.6 Å². The Labute approximate surface area is 172 Å². The van der Waals surface area contributed by atoms with E-state index >= 15 is 0 Å². The van der Waals surface area contributed by atoms with E-state index in [0.29, 0.717) is 23.6 Å². The first-order valence-corrected chi connectivity index (χ1v) is 9.65. The molecule has 0 aliphatic carbocycles. The molecule has 0 spiro atoms. The Morgan fingerprint density at radius 2 is 2.17 bits per heavy atom. The Bertz CT molecular complexity index is 897. The monoisotopic (exact) mass is 422 g/mol. The van der Waals surface area contributed by atoms with Crippen molar-refractivity contribution in [2.45, 2.75) is 38.8 Å². The van der Waals surface area contributed by atoms with Gasteiger partial charge in [-0.25, -0.2) is 0 Å². The minimum Gasteiger partial charge on any atom is -0.507 e. The summed E-state index contributed by atoms with van der Waals surface area (Å²) >= 11 is 0. The highest BCUT2D eigenvalue weighted by atomic mass is 19.3. The highest BCUT2D eigenvalue weighted by Crippen LogP contribution is 2.33. The molecule has 0 bridgehead atoms. The zero-order valence-electron chi connectivity index (χ0n) is 16.5. The molecular formula is C20H24F2N4O4. The number of aromatic hydroxyl groups is 1. The smallest absolute Gasteiger partial charge is 0.387 e. The van der Waals surface area contributed by atoms with Crippen LogP contribution in [-0.4, -0.2) is 63.6 Å². The topological polar surface area (TPSA) is 108 Å². The summed E-state index contributed by atoms with van der Waals surface area (Å²) in [5.74, 6) is -0.592. The highest BCUT2D eigenvalue weighted by Gasteiger charge is 2.21. The second-order valence-corrected chi connectivity index (χ2v) is 7.25. The zero-order chi connectivity index (χ0) is 21.7. The van der Waals surface area contributed by atoms with Crippen molar-refractivity contribution in [2.24, 2.45) is 0 Å². The van der Waals surface area contributed by atoms with Crippen molar-refractivity contribution in [1.82, 2.24) is 15.1 Å². The van der Waals surface area contributed by atoms with Gasteiger partial charge in [0, 0.05) is 30.8 Å². The summed E-state index contributed by atoms with van der Waals surface area (Å²) in [4.78, 5) is 12.9. The Hall–Kier alpha value is -3.01. The van der Waals surface area contributed by atoms with Crippen molar-refractivity contribution >= 4 is 11.8 Å². The minimum atomic E-state index is -2.97. The zero-order valence-corrected chi connectivity index (χ0v) is 16.5. The fourth-order valence-electron chi connectivity index (χ4n) is 3.55. The first-order chi connectivity index (χ1) is 14.3. The van der Waals surface area contributed by atoms with Gasteiger partial charge in [0.1, 0.15) is 17.3 Å². The minimum absolute atomic E-state index is 0.116. The molecule has 1 atom stereocenters. The van der Waals surface area contributed by atoms with Crippen LogP contribution in [0.2, 0.25) is 0 Å². The van der Waals surface area contributed by atoms with Gasteiger partial charge in [-0.1, -0.05) is 0 Å². The summed E-state index contributed by atoms with van der Waals surface area (Å²) < 4.78 is 28.9. The predicted octanol–water partition coefficient (Wildman–Crippen LogP) is 3.11. The average molecular weight is 422 g/mol. The summed E-state index contributed by atoms with van der Waals surface area (Å²) in [7, 11) is 0. The molecule has 1 fully saturated rings. The molecule has 3 rings (SSSR count). The number of carboxylic acid groups (broad SMARTS) is 1. The summed E-state index contributed by atoms with van der Waals surface area (Å²) in [5.41, 5.74) is 1.56. The van der Waals surface area contributed by atoms with Crippen LogP contribution in [0.3, 0.4) is 0 Å². The normalized spacial score (nSPS) is 17.1. The van der Waals surface area contributed by atoms with Crippen molar-refractivity contribution in [2.75, 3.05) is 25.0 Å². The standard InChI is InChI=1S/C20H24F2N4O4/c1-12-9-17(23-13-3-2-7-26(11-13)8-6-18(28)29)24-25-19(12)15-5-4-14(10-16(15)27)30-20(21)22/h4-5,9-10,13,20,27H,2-3,6-8,11H2,1H3,(H,23,24)(H,28,29). The lowest BCUT2D eigenvalue weighted by molar-refractivity contribution is -0.137. The van der Waals surface area contributed by atoms with E-state index in [2.05, 4.69) is 25.2 Å². The number of phenolic OH excluding ortho intramolecular Hbond substituents is 1. The number of benzene rings is 1. The number of nitrogens with one attached hydrogen (secondary N) is 1. The summed E-state index contributed by atoms with van der Waals surface area (Å²) in [6.07, 6.45) is 2.02. The molecule has 0 radical (unpaired) electrons. The van der Waals surface area contributed by atoms with Crippen molar-refractivity contribution in [1.29, 1.82) is 0 Å². The molecule has 2 aromatic rings. The number of nitrogens with zero attached hydrogens (tertiary/aromatic N) is 3. The summed E-state index contributed by atoms with van der Waals surface area (Å²) in [6, 6.07) is 5.84. The van der Waals surface area contributed by atoms with E-state index in [4.69, 9.17) is 5.11 Å². The van der Waals surface area contributed by atoms with Crippen LogP contribution in [0.25, 0.3) is 11.3 Å². The van der Waals surface area contributed by atoms with Crippen LogP contribution in [0, 0.1) is 6.92 Å². The molecule has 0 amide bonds. The third-order valence-electron chi connectivity index (χ3n) is 4.93. The largest absolute Gasteiger partial charge is 0.507 e. The van der Waals surface area contributed by atoms with Crippen LogP contribution in [-0.2, 0) is 4.79 Å². The fraction of sp³-hybridized carbons (Fsp3) is 0.450. The van der Waals surface area contributed by atoms with E-state index in [1.165, 1.54) is 12.1 Å². The molecular weight excluding hydrogens is 398 g/mol. The van der Waals surface area contributed by atoms with Gasteiger partial charge >= 0.3 is 12.6 Å². The Balaban J connectivity index is 1.67. The van der Waals surface area contributed by atoms with E-state index in [9.17, 15) is 18.7 Å². The van der Waals surface area contributed by atoms with Gasteiger partial charge in [-0.15, -0.1) is 10.2 Å². The molecule has 0 saturated carbocycles. The van der Waals surface area contributed by atoms with Gasteiger partial charge in [-0.3, -0.25) is 4.79 Å². The Morgan fingerprint density at radius 3 is 2.83 bits per heavy atom. The highest BCUT2D eigenvalue weighted by molar-refractivity contribution is 5.71. The summed E-state index contributed by atoms with van der Waals surface area (Å²) in [5, 5.41) is 30.7. The number of halogens is 2. The fourth-order valence-corrected chi connectivity index (χ4v) is 3.55. The van der Waals surface area contributed by atoms with Crippen LogP contribution >= 0.6 is 0 Å². The molecule has 2 heterocycles. The molecule has 1 aromatic heterocycles. The number of hydrogen-bond donors (Lipinski definition) is 3. The van der Waals surface area contributed by atoms with Gasteiger partial charge in [0.05, 0.1) is 12.1 Å². The molecule has 1 aliphatic rings. The number of aromatic nitrogens is 2. The molecule has 30 heavy (non-hydrogen) atoms. The van der Waals surface area contributed by atoms with Crippen LogP contribution in [0.5, 0.6) is 11.5 Å². The van der Waals surface area contributed by atoms with Gasteiger partial charge < -0.3 is 25.2 Å². The first kappa shape index (κ1) is 21.7. The number of aliphatic carboxylic acids is 1. The maximum atomic E-state index is 12.3. The number of alkyl halides is 2. The van der Waals surface area contributed by atoms with Crippen molar-refractivity contribution in [3.8, 4) is 22.8 Å². The third-order valence-corrected chi connectivity index (χ3v) is 4.93. The lowest BCUT2D eigenvalue weighted by atomic mass is 10.0. The van der Waals surface area contributed by atoms with Gasteiger partial charge in [0.2, 0.25) is 0 Å². The number of piperidine rings is 1. The molecule has 3 N–H and O–H groups in total. The Morgan fingerprint density at radius 1 is 1.37 bits per heavy atom. The number of aryl methyl sites for hydroxylation is 1. The maximum absolute atomic E-state index is 12.3. The molecule has 10 heteroatoms. The van der Waals surface area contributed by atoms with Crippen LogP contribution in [0.1, 0.15) is 24.8 Å². The second kappa shape index (κ2) is 9.66. The number of hydrogen-bond acceptors (Lipinski definition) is 7. The maximum Gasteiger partial charge on any atom is 0.387 e. The number of ether oxygens (including phenoxy) is 1. The van der Waals surface area contributed by atoms with E-state index in [0.717, 1.165) is 37.6 Å². The third kappa shape index (κ3) is 5.76. The first-order valence-electron chi connectivity index (χ1n) is 9.65. The second-order valence-electron chi connectivity index (χ2n) is 7.25. The van der Waals surface area contributed by atoms with E-state index in [-0.39, 0.29) is 24.0 Å². The molecule has 1 aliphatic heterocycles. The molecule has 1 saturated heterocycles. The predicted molar refractivity (Wildman–Crippen MR) is 106 cm³/mol. The number of carboxylic acids is 1. The number of rotatable bonds is 8. The van der Waals surface area contributed by atoms with Crippen molar-refractivity contribution in [3.63, 3.8) is 0 Å². The number of phenols is 1. The lowest BCUT2D eigenvalue weighted by Crippen LogP contribution is -2.43. The Kier molecular flexibility index (Phi) is 6.99. The van der Waals surface area contributed by atoms with E-state index < -0.39 is 12.6 Å². The quantitative estimate of drug-likeness (QED) is 0.596. The van der Waals surface area contributed by atoms with Gasteiger partial charge in [0.25, 0.3) is 0 Å². The molecule has 1 unspecified atom stereocenters. The number of anilines is 1. The summed E-state index contributed by atoms with van der Waals surface area (Å²) in [6.45, 7) is 0.962. The molecule has 1 aromatic carbocycles. The van der Waals surface area contributed by atoms with Crippen LogP contribution in [0.15, 0.2) is 24.3 Å². The average Bonchev–Trinajstić information content (AvgIpc) is 2.67. The molecule has 8 nitrogen and oxygen atoms in total. The van der Waals surface area contributed by atoms with Crippen molar-refractivity contribution < 1.29 is 28.5 Å². The SMILES string of the molecule is Cc1cc(NC2CCCN(CCC(=O)O)C2)nnc1-c1ccc(OC(F)F)cc1O. The van der Waals surface area contributed by atoms with Gasteiger partial charge in [-0.2, -0.15) is 8.78 Å². The molecule has 162 valence electrons. The van der Waals surface area contributed by atoms with E-state index in [1.807, 2.05) is 13.0 Å².